The van der Waals surface area contributed by atoms with Gasteiger partial charge in [-0.3, -0.25) is 0 Å². The summed E-state index contributed by atoms with van der Waals surface area (Å²) >= 11 is 0. The molecule has 6 nitrogen and oxygen atoms in total. The van der Waals surface area contributed by atoms with Gasteiger partial charge in [0.1, 0.15) is 5.75 Å². The van der Waals surface area contributed by atoms with Gasteiger partial charge >= 0.3 is 6.03 Å². The molecule has 2 amide bonds. The van der Waals surface area contributed by atoms with Crippen LogP contribution in [0.25, 0.3) is 0 Å². The predicted octanol–water partition coefficient (Wildman–Crippen LogP) is 0.210. The van der Waals surface area contributed by atoms with Gasteiger partial charge in [-0.1, -0.05) is 12.6 Å². The SMILES string of the molecule is C=C(CCNC(=O)Nc1cccc(O)c1)C(=O)[O-]. The molecule has 96 valence electrons. The summed E-state index contributed by atoms with van der Waals surface area (Å²) in [6.45, 7) is 3.42. The van der Waals surface area contributed by atoms with Gasteiger partial charge in [-0.2, -0.15) is 0 Å². The van der Waals surface area contributed by atoms with Crippen molar-refractivity contribution in [2.45, 2.75) is 6.42 Å². The molecule has 1 aromatic rings. The highest BCUT2D eigenvalue weighted by Gasteiger charge is 2.02. The molecule has 0 aliphatic carbocycles. The van der Waals surface area contributed by atoms with Crippen LogP contribution in [0.15, 0.2) is 36.4 Å². The van der Waals surface area contributed by atoms with Crippen molar-refractivity contribution in [1.82, 2.24) is 5.32 Å². The van der Waals surface area contributed by atoms with E-state index >= 15 is 0 Å². The van der Waals surface area contributed by atoms with Crippen LogP contribution in [-0.4, -0.2) is 23.7 Å². The second-order valence-corrected chi connectivity index (χ2v) is 3.57. The highest BCUT2D eigenvalue weighted by atomic mass is 16.4. The van der Waals surface area contributed by atoms with Gasteiger partial charge in [-0.05, 0) is 24.1 Å². The van der Waals surface area contributed by atoms with Crippen LogP contribution in [0.2, 0.25) is 0 Å². The first-order chi connectivity index (χ1) is 8.49. The molecule has 0 spiro atoms. The number of carbonyl (C=O) groups excluding carboxylic acids is 2. The number of amides is 2. The number of phenols is 1. The number of hydrogen-bond donors (Lipinski definition) is 3. The number of aromatic hydroxyl groups is 1. The highest BCUT2D eigenvalue weighted by Crippen LogP contribution is 2.14. The number of carboxylic acid groups (broad SMARTS) is 1. The summed E-state index contributed by atoms with van der Waals surface area (Å²) in [5, 5.41) is 24.5. The van der Waals surface area contributed by atoms with Crippen LogP contribution in [0.5, 0.6) is 5.75 Å². The van der Waals surface area contributed by atoms with Gasteiger partial charge in [-0.25, -0.2) is 4.79 Å². The van der Waals surface area contributed by atoms with E-state index < -0.39 is 12.0 Å². The quantitative estimate of drug-likeness (QED) is 0.649. The molecule has 0 aromatic heterocycles. The molecule has 0 heterocycles. The Morgan fingerprint density at radius 2 is 2.11 bits per heavy atom. The lowest BCUT2D eigenvalue weighted by Crippen LogP contribution is -2.31. The Kier molecular flexibility index (Phi) is 4.74. The fraction of sp³-hybridized carbons (Fsp3) is 0.167. The number of hydrogen-bond acceptors (Lipinski definition) is 4. The van der Waals surface area contributed by atoms with Gasteiger partial charge in [0.25, 0.3) is 0 Å². The second kappa shape index (κ2) is 6.29. The van der Waals surface area contributed by atoms with Crippen molar-refractivity contribution in [2.24, 2.45) is 0 Å². The lowest BCUT2D eigenvalue weighted by Gasteiger charge is -2.09. The van der Waals surface area contributed by atoms with Crippen LogP contribution in [0.1, 0.15) is 6.42 Å². The minimum atomic E-state index is -1.33. The molecule has 6 heteroatoms. The number of rotatable bonds is 5. The van der Waals surface area contributed by atoms with Crippen LogP contribution in [0.3, 0.4) is 0 Å². The molecular weight excluding hydrogens is 236 g/mol. The lowest BCUT2D eigenvalue weighted by molar-refractivity contribution is -0.299. The summed E-state index contributed by atoms with van der Waals surface area (Å²) in [5.41, 5.74) is 0.360. The molecule has 0 saturated carbocycles. The van der Waals surface area contributed by atoms with Crippen LogP contribution in [0, 0.1) is 0 Å². The molecule has 0 bridgehead atoms. The number of phenolic OH excluding ortho intramolecular Hbond substituents is 1. The molecule has 1 aromatic carbocycles. The lowest BCUT2D eigenvalue weighted by atomic mass is 10.2. The van der Waals surface area contributed by atoms with Crippen molar-refractivity contribution in [1.29, 1.82) is 0 Å². The summed E-state index contributed by atoms with van der Waals surface area (Å²) in [6.07, 6.45) is 0.107. The standard InChI is InChI=1S/C12H14N2O4/c1-8(11(16)17)5-6-13-12(18)14-9-3-2-4-10(15)7-9/h2-4,7,15H,1,5-6H2,(H,16,17)(H2,13,14,18)/p-1. The largest absolute Gasteiger partial charge is 0.545 e. The third-order valence-corrected chi connectivity index (χ3v) is 2.11. The molecular formula is C12H13N2O4-. The molecule has 0 fully saturated rings. The maximum absolute atomic E-state index is 11.4. The number of aliphatic carboxylic acids is 1. The number of anilines is 1. The maximum atomic E-state index is 11.4. The Hall–Kier alpha value is -2.50. The van der Waals surface area contributed by atoms with Crippen molar-refractivity contribution in [2.75, 3.05) is 11.9 Å². The van der Waals surface area contributed by atoms with Crippen LogP contribution in [0.4, 0.5) is 10.5 Å². The predicted molar refractivity (Wildman–Crippen MR) is 63.9 cm³/mol. The summed E-state index contributed by atoms with van der Waals surface area (Å²) in [6, 6.07) is 5.57. The molecule has 1 rings (SSSR count). The molecule has 0 aliphatic rings. The van der Waals surface area contributed by atoms with E-state index in [1.807, 2.05) is 0 Å². The zero-order valence-corrected chi connectivity index (χ0v) is 9.60. The van der Waals surface area contributed by atoms with E-state index in [4.69, 9.17) is 0 Å². The Bertz CT molecular complexity index is 471. The topological polar surface area (TPSA) is 101 Å². The third kappa shape index (κ3) is 4.56. The second-order valence-electron chi connectivity index (χ2n) is 3.57. The first-order valence-electron chi connectivity index (χ1n) is 5.22. The van der Waals surface area contributed by atoms with E-state index in [1.165, 1.54) is 12.1 Å². The molecule has 3 N–H and O–H groups in total. The minimum Gasteiger partial charge on any atom is -0.545 e. The van der Waals surface area contributed by atoms with Crippen molar-refractivity contribution in [3.05, 3.63) is 36.4 Å². The number of carbonyl (C=O) groups is 2. The summed E-state index contributed by atoms with van der Waals surface area (Å²) < 4.78 is 0. The molecule has 0 radical (unpaired) electrons. The summed E-state index contributed by atoms with van der Waals surface area (Å²) in [4.78, 5) is 21.7. The van der Waals surface area contributed by atoms with E-state index in [2.05, 4.69) is 17.2 Å². The monoisotopic (exact) mass is 249 g/mol. The minimum absolute atomic E-state index is 0.0399. The van der Waals surface area contributed by atoms with E-state index in [0.717, 1.165) is 0 Å². The summed E-state index contributed by atoms with van der Waals surface area (Å²) in [7, 11) is 0. The zero-order valence-electron chi connectivity index (χ0n) is 9.60. The van der Waals surface area contributed by atoms with Crippen LogP contribution in [-0.2, 0) is 4.79 Å². The zero-order chi connectivity index (χ0) is 13.5. The van der Waals surface area contributed by atoms with Crippen molar-refractivity contribution < 1.29 is 19.8 Å². The van der Waals surface area contributed by atoms with Crippen molar-refractivity contribution in [3.63, 3.8) is 0 Å². The van der Waals surface area contributed by atoms with Gasteiger partial charge < -0.3 is 25.6 Å². The van der Waals surface area contributed by atoms with Gasteiger partial charge in [0.2, 0.25) is 0 Å². The Morgan fingerprint density at radius 3 is 2.72 bits per heavy atom. The van der Waals surface area contributed by atoms with Crippen LogP contribution >= 0.6 is 0 Å². The van der Waals surface area contributed by atoms with Gasteiger partial charge in [-0.15, -0.1) is 0 Å². The number of benzene rings is 1. The highest BCUT2D eigenvalue weighted by molar-refractivity contribution is 5.89. The third-order valence-electron chi connectivity index (χ3n) is 2.11. The fourth-order valence-electron chi connectivity index (χ4n) is 1.19. The normalized spacial score (nSPS) is 9.56. The fourth-order valence-corrected chi connectivity index (χ4v) is 1.19. The van der Waals surface area contributed by atoms with E-state index in [9.17, 15) is 19.8 Å². The Balaban J connectivity index is 2.34. The number of nitrogens with one attached hydrogen (secondary N) is 2. The first kappa shape index (κ1) is 13.6. The molecule has 0 unspecified atom stereocenters. The summed E-state index contributed by atoms with van der Waals surface area (Å²) in [5.74, 6) is -1.29. The average molecular weight is 249 g/mol. The van der Waals surface area contributed by atoms with E-state index in [0.29, 0.717) is 5.69 Å². The van der Waals surface area contributed by atoms with Crippen molar-refractivity contribution >= 4 is 17.7 Å². The van der Waals surface area contributed by atoms with E-state index in [-0.39, 0.29) is 24.3 Å². The van der Waals surface area contributed by atoms with Crippen LogP contribution < -0.4 is 15.7 Å². The molecule has 0 aliphatic heterocycles. The van der Waals surface area contributed by atoms with Gasteiger partial charge in [0, 0.05) is 18.3 Å². The number of urea groups is 1. The Labute approximate surface area is 104 Å². The molecule has 18 heavy (non-hydrogen) atoms. The number of carboxylic acids is 1. The van der Waals surface area contributed by atoms with Crippen molar-refractivity contribution in [3.8, 4) is 5.75 Å². The maximum Gasteiger partial charge on any atom is 0.319 e. The van der Waals surface area contributed by atoms with Gasteiger partial charge in [0.05, 0.1) is 5.97 Å². The molecule has 0 atom stereocenters. The average Bonchev–Trinajstić information content (AvgIpc) is 2.28. The smallest absolute Gasteiger partial charge is 0.319 e. The first-order valence-corrected chi connectivity index (χ1v) is 5.22. The van der Waals surface area contributed by atoms with Gasteiger partial charge in [0.15, 0.2) is 0 Å². The molecule has 0 saturated heterocycles. The Morgan fingerprint density at radius 1 is 1.39 bits per heavy atom. The van der Waals surface area contributed by atoms with E-state index in [1.54, 1.807) is 12.1 Å².